The van der Waals surface area contributed by atoms with Crippen LogP contribution < -0.4 is 0 Å². The van der Waals surface area contributed by atoms with Gasteiger partial charge in [-0.05, 0) is 51.4 Å². The molecule has 0 spiro atoms. The molecular weight excluding hydrogens is 219 g/mol. The molecule has 2 rings (SSSR count). The monoisotopic (exact) mass is 240 g/mol. The third kappa shape index (κ3) is 2.33. The Kier molecular flexibility index (Phi) is 4.05. The van der Waals surface area contributed by atoms with Crippen LogP contribution in [0.4, 0.5) is 0 Å². The molecule has 0 unspecified atom stereocenters. The van der Waals surface area contributed by atoms with Gasteiger partial charge in [-0.2, -0.15) is 0 Å². The van der Waals surface area contributed by atoms with Gasteiger partial charge in [0, 0.05) is 17.7 Å². The molecule has 0 saturated carbocycles. The highest BCUT2D eigenvalue weighted by Gasteiger charge is 2.32. The van der Waals surface area contributed by atoms with Gasteiger partial charge >= 0.3 is 0 Å². The third-order valence-electron chi connectivity index (χ3n) is 3.55. The van der Waals surface area contributed by atoms with Gasteiger partial charge in [-0.15, -0.1) is 0 Å². The summed E-state index contributed by atoms with van der Waals surface area (Å²) in [4.78, 5) is 0. The van der Waals surface area contributed by atoms with Crippen LogP contribution in [0.3, 0.4) is 0 Å². The maximum atomic E-state index is 12.9. The van der Waals surface area contributed by atoms with Gasteiger partial charge in [0.15, 0.2) is 0 Å². The lowest BCUT2D eigenvalue weighted by Gasteiger charge is -2.26. The first-order valence-corrected chi connectivity index (χ1v) is 7.95. The minimum absolute atomic E-state index is 0.961. The van der Waals surface area contributed by atoms with Crippen LogP contribution in [0.5, 0.6) is 0 Å². The molecule has 2 aliphatic carbocycles. The standard InChI is InChI=1S/C13H21O2P/c1-15-16(14,12-8-4-2-5-9-12)13-10-6-3-7-11-13/h8,10H,2-7,9,11H2,1H3. The van der Waals surface area contributed by atoms with Crippen molar-refractivity contribution in [3.63, 3.8) is 0 Å². The molecule has 90 valence electrons. The summed E-state index contributed by atoms with van der Waals surface area (Å²) in [5.74, 6) is 0. The predicted molar refractivity (Wildman–Crippen MR) is 67.7 cm³/mol. The molecule has 0 radical (unpaired) electrons. The van der Waals surface area contributed by atoms with E-state index in [1.165, 1.54) is 12.8 Å². The van der Waals surface area contributed by atoms with E-state index < -0.39 is 7.37 Å². The molecule has 0 bridgehead atoms. The van der Waals surface area contributed by atoms with Gasteiger partial charge in [-0.1, -0.05) is 12.2 Å². The second-order valence-electron chi connectivity index (χ2n) is 4.62. The number of rotatable bonds is 3. The van der Waals surface area contributed by atoms with E-state index in [2.05, 4.69) is 12.2 Å². The van der Waals surface area contributed by atoms with E-state index >= 15 is 0 Å². The second-order valence-corrected chi connectivity index (χ2v) is 7.23. The van der Waals surface area contributed by atoms with Crippen LogP contribution in [0.25, 0.3) is 0 Å². The summed E-state index contributed by atoms with van der Waals surface area (Å²) >= 11 is 0. The smallest absolute Gasteiger partial charge is 0.252 e. The van der Waals surface area contributed by atoms with Gasteiger partial charge in [0.25, 0.3) is 7.37 Å². The van der Waals surface area contributed by atoms with Gasteiger partial charge in [0.05, 0.1) is 0 Å². The van der Waals surface area contributed by atoms with Gasteiger partial charge < -0.3 is 4.52 Å². The van der Waals surface area contributed by atoms with Crippen molar-refractivity contribution in [3.05, 3.63) is 22.8 Å². The van der Waals surface area contributed by atoms with Gasteiger partial charge in [-0.25, -0.2) is 0 Å². The molecule has 16 heavy (non-hydrogen) atoms. The fourth-order valence-corrected chi connectivity index (χ4v) is 5.08. The number of hydrogen-bond acceptors (Lipinski definition) is 2. The first kappa shape index (κ1) is 12.1. The van der Waals surface area contributed by atoms with E-state index in [0.717, 1.165) is 49.2 Å². The topological polar surface area (TPSA) is 26.3 Å². The van der Waals surface area contributed by atoms with Crippen molar-refractivity contribution in [2.45, 2.75) is 51.4 Å². The van der Waals surface area contributed by atoms with Crippen LogP contribution in [-0.4, -0.2) is 7.11 Å². The average molecular weight is 240 g/mol. The summed E-state index contributed by atoms with van der Waals surface area (Å²) in [6, 6.07) is 0. The van der Waals surface area contributed by atoms with E-state index in [4.69, 9.17) is 4.52 Å². The zero-order valence-corrected chi connectivity index (χ0v) is 11.0. The van der Waals surface area contributed by atoms with Crippen LogP contribution in [0, 0.1) is 0 Å². The third-order valence-corrected chi connectivity index (χ3v) is 6.39. The van der Waals surface area contributed by atoms with E-state index in [1.54, 1.807) is 7.11 Å². The van der Waals surface area contributed by atoms with Crippen LogP contribution >= 0.6 is 7.37 Å². The molecule has 0 aliphatic heterocycles. The molecule has 0 aromatic rings. The second kappa shape index (κ2) is 5.33. The van der Waals surface area contributed by atoms with Crippen molar-refractivity contribution >= 4 is 7.37 Å². The Morgan fingerprint density at radius 1 is 1.00 bits per heavy atom. The van der Waals surface area contributed by atoms with Crippen LogP contribution in [0.1, 0.15) is 51.4 Å². The van der Waals surface area contributed by atoms with Crippen molar-refractivity contribution < 1.29 is 9.09 Å². The first-order valence-electron chi connectivity index (χ1n) is 6.32. The Balaban J connectivity index is 2.27. The fraction of sp³-hybridized carbons (Fsp3) is 0.692. The molecule has 0 heterocycles. The van der Waals surface area contributed by atoms with Crippen LogP contribution in [0.15, 0.2) is 22.8 Å². The normalized spacial score (nSPS) is 22.6. The number of allylic oxidation sites excluding steroid dienone is 4. The van der Waals surface area contributed by atoms with Crippen molar-refractivity contribution in [3.8, 4) is 0 Å². The lowest BCUT2D eigenvalue weighted by atomic mass is 10.1. The summed E-state index contributed by atoms with van der Waals surface area (Å²) in [5.41, 5.74) is 0. The van der Waals surface area contributed by atoms with E-state index in [0.29, 0.717) is 0 Å². The highest BCUT2D eigenvalue weighted by Crippen LogP contribution is 2.65. The lowest BCUT2D eigenvalue weighted by molar-refractivity contribution is 0.400. The largest absolute Gasteiger partial charge is 0.326 e. The Labute approximate surface area is 98.2 Å². The summed E-state index contributed by atoms with van der Waals surface area (Å²) in [5, 5.41) is 2.16. The van der Waals surface area contributed by atoms with Gasteiger partial charge in [-0.3, -0.25) is 4.57 Å². The molecule has 3 heteroatoms. The van der Waals surface area contributed by atoms with Crippen molar-refractivity contribution in [1.29, 1.82) is 0 Å². The zero-order chi connectivity index (χ0) is 11.4. The fourth-order valence-electron chi connectivity index (χ4n) is 2.60. The van der Waals surface area contributed by atoms with E-state index in [-0.39, 0.29) is 0 Å². The lowest BCUT2D eigenvalue weighted by Crippen LogP contribution is -2.01. The molecule has 0 N–H and O–H groups in total. The van der Waals surface area contributed by atoms with Crippen LogP contribution in [-0.2, 0) is 9.09 Å². The summed E-state index contributed by atoms with van der Waals surface area (Å²) in [7, 11) is -1.03. The van der Waals surface area contributed by atoms with Crippen molar-refractivity contribution in [2.24, 2.45) is 0 Å². The average Bonchev–Trinajstić information content (AvgIpc) is 2.40. The highest BCUT2D eigenvalue weighted by molar-refractivity contribution is 7.67. The zero-order valence-electron chi connectivity index (χ0n) is 10.1. The molecule has 0 fully saturated rings. The van der Waals surface area contributed by atoms with Gasteiger partial charge in [0.1, 0.15) is 0 Å². The predicted octanol–water partition coefficient (Wildman–Crippen LogP) is 4.83. The van der Waals surface area contributed by atoms with E-state index in [1.807, 2.05) is 0 Å². The molecule has 0 saturated heterocycles. The van der Waals surface area contributed by atoms with Gasteiger partial charge in [0.2, 0.25) is 0 Å². The Morgan fingerprint density at radius 2 is 1.50 bits per heavy atom. The minimum atomic E-state index is -2.63. The maximum Gasteiger partial charge on any atom is 0.252 e. The molecule has 0 amide bonds. The molecule has 2 aliphatic rings. The Morgan fingerprint density at radius 3 is 1.81 bits per heavy atom. The molecule has 0 atom stereocenters. The van der Waals surface area contributed by atoms with E-state index in [9.17, 15) is 4.57 Å². The quantitative estimate of drug-likeness (QED) is 0.660. The minimum Gasteiger partial charge on any atom is -0.326 e. The number of hydrogen-bond donors (Lipinski definition) is 0. The molecule has 0 aromatic heterocycles. The molecule has 0 aromatic carbocycles. The summed E-state index contributed by atoms with van der Waals surface area (Å²) in [6.07, 6.45) is 13.1. The Bertz CT molecular complexity index is 325. The highest BCUT2D eigenvalue weighted by atomic mass is 31.2. The Hall–Kier alpha value is -0.330. The summed E-state index contributed by atoms with van der Waals surface area (Å²) in [6.45, 7) is 0. The van der Waals surface area contributed by atoms with Crippen molar-refractivity contribution in [1.82, 2.24) is 0 Å². The van der Waals surface area contributed by atoms with Crippen molar-refractivity contribution in [2.75, 3.05) is 7.11 Å². The van der Waals surface area contributed by atoms with Crippen LogP contribution in [0.2, 0.25) is 0 Å². The molecular formula is C13H21O2P. The first-order chi connectivity index (χ1) is 7.77. The SMILES string of the molecule is COP(=O)(C1=CCCCC1)C1=CCCCC1. The summed E-state index contributed by atoms with van der Waals surface area (Å²) < 4.78 is 18.4. The maximum absolute atomic E-state index is 12.9. The molecule has 2 nitrogen and oxygen atoms in total.